The van der Waals surface area contributed by atoms with Gasteiger partial charge in [0, 0.05) is 12.6 Å². The lowest BCUT2D eigenvalue weighted by Crippen LogP contribution is -2.44. The molecule has 1 saturated heterocycles. The molecule has 0 bridgehead atoms. The van der Waals surface area contributed by atoms with Crippen LogP contribution in [0.15, 0.2) is 0 Å². The Labute approximate surface area is 111 Å². The highest BCUT2D eigenvalue weighted by molar-refractivity contribution is 5.75. The maximum absolute atomic E-state index is 11.8. The second-order valence-electron chi connectivity index (χ2n) is 6.17. The Morgan fingerprint density at radius 2 is 1.89 bits per heavy atom. The van der Waals surface area contributed by atoms with Crippen molar-refractivity contribution in [1.82, 2.24) is 4.90 Å². The summed E-state index contributed by atoms with van der Waals surface area (Å²) in [6.45, 7) is 4.12. The van der Waals surface area contributed by atoms with Gasteiger partial charge in [-0.15, -0.1) is 0 Å². The number of aliphatic carboxylic acids is 1. The van der Waals surface area contributed by atoms with Crippen LogP contribution in [-0.4, -0.2) is 35.1 Å². The molecule has 3 nitrogen and oxygen atoms in total. The predicted molar refractivity (Wildman–Crippen MR) is 72.7 cm³/mol. The Bertz CT molecular complexity index is 282. The van der Waals surface area contributed by atoms with E-state index in [2.05, 4.69) is 11.8 Å². The van der Waals surface area contributed by atoms with E-state index in [1.54, 1.807) is 0 Å². The summed E-state index contributed by atoms with van der Waals surface area (Å²) in [7, 11) is 0. The first-order valence-electron chi connectivity index (χ1n) is 7.65. The van der Waals surface area contributed by atoms with Gasteiger partial charge in [0.15, 0.2) is 0 Å². The molecule has 1 N–H and O–H groups in total. The van der Waals surface area contributed by atoms with Gasteiger partial charge in [-0.3, -0.25) is 9.69 Å². The third-order valence-corrected chi connectivity index (χ3v) is 4.99. The van der Waals surface area contributed by atoms with Crippen LogP contribution in [0.25, 0.3) is 0 Å². The molecule has 104 valence electrons. The third kappa shape index (κ3) is 2.87. The van der Waals surface area contributed by atoms with Gasteiger partial charge < -0.3 is 5.11 Å². The SMILES string of the molecule is CCC1CCCN1CC1(C(=O)O)CCCCCC1. The molecule has 0 aromatic rings. The monoisotopic (exact) mass is 253 g/mol. The van der Waals surface area contributed by atoms with Crippen LogP contribution in [0.3, 0.4) is 0 Å². The first kappa shape index (κ1) is 13.9. The molecule has 0 radical (unpaired) electrons. The van der Waals surface area contributed by atoms with Crippen molar-refractivity contribution in [2.24, 2.45) is 5.41 Å². The number of carboxylic acids is 1. The summed E-state index contributed by atoms with van der Waals surface area (Å²) in [6.07, 6.45) is 10.0. The Morgan fingerprint density at radius 1 is 1.22 bits per heavy atom. The summed E-state index contributed by atoms with van der Waals surface area (Å²) in [4.78, 5) is 14.2. The molecule has 1 saturated carbocycles. The van der Waals surface area contributed by atoms with Gasteiger partial charge in [0.2, 0.25) is 0 Å². The molecule has 0 spiro atoms. The lowest BCUT2D eigenvalue weighted by Gasteiger charge is -2.35. The summed E-state index contributed by atoms with van der Waals surface area (Å²) < 4.78 is 0. The number of hydrogen-bond acceptors (Lipinski definition) is 2. The van der Waals surface area contributed by atoms with E-state index in [4.69, 9.17) is 0 Å². The van der Waals surface area contributed by atoms with Crippen molar-refractivity contribution < 1.29 is 9.90 Å². The van der Waals surface area contributed by atoms with Crippen LogP contribution in [0.2, 0.25) is 0 Å². The predicted octanol–water partition coefficient (Wildman–Crippen LogP) is 3.29. The van der Waals surface area contributed by atoms with Gasteiger partial charge in [-0.1, -0.05) is 32.6 Å². The fourth-order valence-electron chi connectivity index (χ4n) is 3.80. The lowest BCUT2D eigenvalue weighted by molar-refractivity contribution is -0.151. The third-order valence-electron chi connectivity index (χ3n) is 4.99. The standard InChI is InChI=1S/C15H27NO2/c1-2-13-8-7-11-16(13)12-15(14(17)18)9-5-3-4-6-10-15/h13H,2-12H2,1H3,(H,17,18). The molecular weight excluding hydrogens is 226 g/mol. The van der Waals surface area contributed by atoms with Crippen molar-refractivity contribution in [2.75, 3.05) is 13.1 Å². The molecule has 1 aliphatic heterocycles. The van der Waals surface area contributed by atoms with Gasteiger partial charge in [0.05, 0.1) is 5.41 Å². The first-order valence-corrected chi connectivity index (χ1v) is 7.65. The molecule has 1 heterocycles. The fraction of sp³-hybridized carbons (Fsp3) is 0.933. The van der Waals surface area contributed by atoms with Gasteiger partial charge in [0.25, 0.3) is 0 Å². The van der Waals surface area contributed by atoms with Crippen molar-refractivity contribution in [3.63, 3.8) is 0 Å². The van der Waals surface area contributed by atoms with Crippen molar-refractivity contribution in [3.8, 4) is 0 Å². The Kier molecular flexibility index (Phi) is 4.66. The van der Waals surface area contributed by atoms with Crippen LogP contribution >= 0.6 is 0 Å². The van der Waals surface area contributed by atoms with Crippen molar-refractivity contribution in [3.05, 3.63) is 0 Å². The Hall–Kier alpha value is -0.570. The molecule has 2 aliphatic rings. The van der Waals surface area contributed by atoms with E-state index in [1.165, 1.54) is 25.7 Å². The molecule has 2 rings (SSSR count). The number of carbonyl (C=O) groups is 1. The summed E-state index contributed by atoms with van der Waals surface area (Å²) in [5.41, 5.74) is -0.450. The van der Waals surface area contributed by atoms with Crippen molar-refractivity contribution in [2.45, 2.75) is 70.8 Å². The zero-order valence-electron chi connectivity index (χ0n) is 11.7. The second-order valence-corrected chi connectivity index (χ2v) is 6.17. The van der Waals surface area contributed by atoms with Crippen LogP contribution in [0, 0.1) is 5.41 Å². The molecule has 1 aliphatic carbocycles. The molecular formula is C15H27NO2. The van der Waals surface area contributed by atoms with Crippen LogP contribution < -0.4 is 0 Å². The van der Waals surface area contributed by atoms with E-state index in [-0.39, 0.29) is 0 Å². The van der Waals surface area contributed by atoms with Gasteiger partial charge in [-0.25, -0.2) is 0 Å². The summed E-state index contributed by atoms with van der Waals surface area (Å²) in [5.74, 6) is -0.550. The highest BCUT2D eigenvalue weighted by Gasteiger charge is 2.41. The maximum atomic E-state index is 11.8. The van der Waals surface area contributed by atoms with Gasteiger partial charge in [0.1, 0.15) is 0 Å². The highest BCUT2D eigenvalue weighted by Crippen LogP contribution is 2.38. The molecule has 1 unspecified atom stereocenters. The number of carboxylic acid groups (broad SMARTS) is 1. The molecule has 0 amide bonds. The molecule has 0 aromatic carbocycles. The highest BCUT2D eigenvalue weighted by atomic mass is 16.4. The van der Waals surface area contributed by atoms with Crippen LogP contribution in [0.4, 0.5) is 0 Å². The molecule has 18 heavy (non-hydrogen) atoms. The minimum Gasteiger partial charge on any atom is -0.481 e. The van der Waals surface area contributed by atoms with E-state index in [0.717, 1.165) is 45.2 Å². The van der Waals surface area contributed by atoms with Crippen LogP contribution in [-0.2, 0) is 4.79 Å². The smallest absolute Gasteiger partial charge is 0.310 e. The maximum Gasteiger partial charge on any atom is 0.310 e. The number of likely N-dealkylation sites (tertiary alicyclic amines) is 1. The number of hydrogen-bond donors (Lipinski definition) is 1. The normalized spacial score (nSPS) is 29.1. The minimum absolute atomic E-state index is 0.450. The zero-order chi connectivity index (χ0) is 13.0. The fourth-order valence-corrected chi connectivity index (χ4v) is 3.80. The summed E-state index contributed by atoms with van der Waals surface area (Å²) in [6, 6.07) is 0.629. The van der Waals surface area contributed by atoms with Crippen LogP contribution in [0.1, 0.15) is 64.7 Å². The largest absolute Gasteiger partial charge is 0.481 e. The molecule has 0 aromatic heterocycles. The first-order chi connectivity index (χ1) is 8.68. The van der Waals surface area contributed by atoms with E-state index < -0.39 is 11.4 Å². The number of nitrogens with zero attached hydrogens (tertiary/aromatic N) is 1. The topological polar surface area (TPSA) is 40.5 Å². The minimum atomic E-state index is -0.550. The second kappa shape index (κ2) is 6.05. The van der Waals surface area contributed by atoms with E-state index in [0.29, 0.717) is 6.04 Å². The zero-order valence-corrected chi connectivity index (χ0v) is 11.7. The van der Waals surface area contributed by atoms with Crippen molar-refractivity contribution in [1.29, 1.82) is 0 Å². The summed E-state index contributed by atoms with van der Waals surface area (Å²) in [5, 5.41) is 9.71. The quantitative estimate of drug-likeness (QED) is 0.782. The van der Waals surface area contributed by atoms with Crippen LogP contribution in [0.5, 0.6) is 0 Å². The Balaban J connectivity index is 2.07. The average Bonchev–Trinajstić information content (AvgIpc) is 2.65. The van der Waals surface area contributed by atoms with E-state index in [9.17, 15) is 9.90 Å². The van der Waals surface area contributed by atoms with E-state index in [1.807, 2.05) is 0 Å². The van der Waals surface area contributed by atoms with Gasteiger partial charge in [-0.05, 0) is 38.6 Å². The van der Waals surface area contributed by atoms with E-state index >= 15 is 0 Å². The summed E-state index contributed by atoms with van der Waals surface area (Å²) >= 11 is 0. The van der Waals surface area contributed by atoms with Gasteiger partial charge in [-0.2, -0.15) is 0 Å². The molecule has 3 heteroatoms. The lowest BCUT2D eigenvalue weighted by atomic mass is 9.79. The van der Waals surface area contributed by atoms with Gasteiger partial charge >= 0.3 is 5.97 Å². The average molecular weight is 253 g/mol. The molecule has 2 fully saturated rings. The Morgan fingerprint density at radius 3 is 2.44 bits per heavy atom. The number of rotatable bonds is 4. The van der Waals surface area contributed by atoms with Crippen molar-refractivity contribution >= 4 is 5.97 Å². The molecule has 1 atom stereocenters.